The Labute approximate surface area is 108 Å². The van der Waals surface area contributed by atoms with E-state index in [0.29, 0.717) is 19.6 Å². The lowest BCUT2D eigenvalue weighted by Gasteiger charge is -2.28. The van der Waals surface area contributed by atoms with Crippen LogP contribution in [-0.4, -0.2) is 56.3 Å². The fourth-order valence-corrected chi connectivity index (χ4v) is 4.23. The Morgan fingerprint density at radius 1 is 1.44 bits per heavy atom. The van der Waals surface area contributed by atoms with Gasteiger partial charge in [0.2, 0.25) is 0 Å². The summed E-state index contributed by atoms with van der Waals surface area (Å²) in [6.07, 6.45) is 2.10. The van der Waals surface area contributed by atoms with Gasteiger partial charge in [0, 0.05) is 19.2 Å². The second kappa shape index (κ2) is 5.44. The Hall–Kier alpha value is -0.820. The number of amides is 2. The van der Waals surface area contributed by atoms with Crippen LogP contribution in [0.2, 0.25) is 0 Å². The van der Waals surface area contributed by atoms with Crippen LogP contribution >= 0.6 is 0 Å². The zero-order valence-corrected chi connectivity index (χ0v) is 11.4. The summed E-state index contributed by atoms with van der Waals surface area (Å²) < 4.78 is 28.2. The SMILES string of the molecule is CCN(C(=O)NC1CCCO1)C1CCS(=O)(=O)C1. The summed E-state index contributed by atoms with van der Waals surface area (Å²) in [5.41, 5.74) is 0. The highest BCUT2D eigenvalue weighted by molar-refractivity contribution is 7.91. The molecule has 1 N–H and O–H groups in total. The lowest BCUT2D eigenvalue weighted by molar-refractivity contribution is 0.0813. The number of carbonyl (C=O) groups excluding carboxylic acids is 1. The number of nitrogens with one attached hydrogen (secondary N) is 1. The van der Waals surface area contributed by atoms with E-state index in [2.05, 4.69) is 5.32 Å². The Kier molecular flexibility index (Phi) is 4.11. The van der Waals surface area contributed by atoms with E-state index in [0.717, 1.165) is 12.8 Å². The van der Waals surface area contributed by atoms with Crippen LogP contribution in [0.1, 0.15) is 26.2 Å². The number of ether oxygens (including phenoxy) is 1. The number of hydrogen-bond donors (Lipinski definition) is 1. The number of hydrogen-bond acceptors (Lipinski definition) is 4. The number of rotatable bonds is 3. The normalized spacial score (nSPS) is 30.3. The fraction of sp³-hybridized carbons (Fsp3) is 0.909. The highest BCUT2D eigenvalue weighted by atomic mass is 32.2. The van der Waals surface area contributed by atoms with Crippen molar-refractivity contribution in [1.29, 1.82) is 0 Å². The van der Waals surface area contributed by atoms with Crippen molar-refractivity contribution in [1.82, 2.24) is 10.2 Å². The molecule has 2 rings (SSSR count). The summed E-state index contributed by atoms with van der Waals surface area (Å²) >= 11 is 0. The van der Waals surface area contributed by atoms with Crippen molar-refractivity contribution in [2.24, 2.45) is 0 Å². The van der Waals surface area contributed by atoms with Gasteiger partial charge in [0.1, 0.15) is 6.23 Å². The first-order valence-corrected chi connectivity index (χ1v) is 8.23. The van der Waals surface area contributed by atoms with Crippen molar-refractivity contribution in [2.75, 3.05) is 24.7 Å². The molecule has 104 valence electrons. The van der Waals surface area contributed by atoms with Crippen LogP contribution in [0.5, 0.6) is 0 Å². The number of urea groups is 1. The molecule has 0 aromatic carbocycles. The molecule has 0 bridgehead atoms. The van der Waals surface area contributed by atoms with Gasteiger partial charge < -0.3 is 15.0 Å². The zero-order valence-electron chi connectivity index (χ0n) is 10.6. The molecular formula is C11H20N2O4S. The maximum Gasteiger partial charge on any atom is 0.319 e. The summed E-state index contributed by atoms with van der Waals surface area (Å²) in [7, 11) is -2.96. The van der Waals surface area contributed by atoms with Crippen LogP contribution in [0, 0.1) is 0 Å². The van der Waals surface area contributed by atoms with E-state index in [1.54, 1.807) is 4.90 Å². The van der Waals surface area contributed by atoms with Gasteiger partial charge in [-0.25, -0.2) is 13.2 Å². The molecule has 2 atom stereocenters. The van der Waals surface area contributed by atoms with E-state index >= 15 is 0 Å². The van der Waals surface area contributed by atoms with Gasteiger partial charge in [-0.05, 0) is 26.2 Å². The maximum absolute atomic E-state index is 12.1. The average molecular weight is 276 g/mol. The minimum Gasteiger partial charge on any atom is -0.358 e. The smallest absolute Gasteiger partial charge is 0.319 e. The van der Waals surface area contributed by atoms with Crippen molar-refractivity contribution in [2.45, 2.75) is 38.5 Å². The largest absolute Gasteiger partial charge is 0.358 e. The molecular weight excluding hydrogens is 256 g/mol. The first-order valence-electron chi connectivity index (χ1n) is 6.41. The molecule has 2 fully saturated rings. The minimum absolute atomic E-state index is 0.0831. The van der Waals surface area contributed by atoms with Gasteiger partial charge >= 0.3 is 6.03 Å². The average Bonchev–Trinajstić information content (AvgIpc) is 2.89. The third kappa shape index (κ3) is 3.14. The van der Waals surface area contributed by atoms with Gasteiger partial charge in [-0.2, -0.15) is 0 Å². The number of carbonyl (C=O) groups is 1. The molecule has 18 heavy (non-hydrogen) atoms. The molecule has 0 aromatic rings. The summed E-state index contributed by atoms with van der Waals surface area (Å²) in [4.78, 5) is 13.7. The van der Waals surface area contributed by atoms with Crippen molar-refractivity contribution in [3.63, 3.8) is 0 Å². The predicted octanol–water partition coefficient (Wildman–Crippen LogP) is 0.341. The standard InChI is InChI=1S/C11H20N2O4S/c1-2-13(9-5-7-18(15,16)8-9)11(14)12-10-4-3-6-17-10/h9-10H,2-8H2,1H3,(H,12,14). The summed E-state index contributed by atoms with van der Waals surface area (Å²) in [6, 6.07) is -0.409. The first kappa shape index (κ1) is 13.6. The van der Waals surface area contributed by atoms with Crippen molar-refractivity contribution in [3.05, 3.63) is 0 Å². The van der Waals surface area contributed by atoms with E-state index < -0.39 is 9.84 Å². The van der Waals surface area contributed by atoms with Crippen LogP contribution in [0.15, 0.2) is 0 Å². The third-order valence-corrected chi connectivity index (χ3v) is 5.22. The van der Waals surface area contributed by atoms with Gasteiger partial charge in [-0.15, -0.1) is 0 Å². The Bertz CT molecular complexity index is 403. The molecule has 2 unspecified atom stereocenters. The van der Waals surface area contributed by atoms with Crippen LogP contribution in [0.4, 0.5) is 4.79 Å². The molecule has 0 aromatic heterocycles. The quantitative estimate of drug-likeness (QED) is 0.806. The van der Waals surface area contributed by atoms with E-state index in [-0.39, 0.29) is 29.8 Å². The van der Waals surface area contributed by atoms with Gasteiger partial charge in [0.25, 0.3) is 0 Å². The first-order chi connectivity index (χ1) is 8.52. The van der Waals surface area contributed by atoms with Crippen molar-refractivity contribution >= 4 is 15.9 Å². The molecule has 7 heteroatoms. The fourth-order valence-electron chi connectivity index (χ4n) is 2.50. The topological polar surface area (TPSA) is 75.7 Å². The highest BCUT2D eigenvalue weighted by Crippen LogP contribution is 2.18. The monoisotopic (exact) mass is 276 g/mol. The Morgan fingerprint density at radius 2 is 2.22 bits per heavy atom. The van der Waals surface area contributed by atoms with Gasteiger partial charge in [-0.3, -0.25) is 0 Å². The molecule has 6 nitrogen and oxygen atoms in total. The van der Waals surface area contributed by atoms with Crippen LogP contribution < -0.4 is 5.32 Å². The molecule has 2 saturated heterocycles. The van der Waals surface area contributed by atoms with E-state index in [1.807, 2.05) is 6.92 Å². The number of nitrogens with zero attached hydrogens (tertiary/aromatic N) is 1. The van der Waals surface area contributed by atoms with Crippen LogP contribution in [-0.2, 0) is 14.6 Å². The molecule has 2 aliphatic heterocycles. The Balaban J connectivity index is 1.93. The number of sulfone groups is 1. The van der Waals surface area contributed by atoms with Crippen molar-refractivity contribution < 1.29 is 17.9 Å². The zero-order chi connectivity index (χ0) is 13.2. The summed E-state index contributed by atoms with van der Waals surface area (Å²) in [5, 5.41) is 2.80. The molecule has 0 radical (unpaired) electrons. The third-order valence-electron chi connectivity index (χ3n) is 3.46. The second-order valence-corrected chi connectivity index (χ2v) is 7.02. The highest BCUT2D eigenvalue weighted by Gasteiger charge is 2.34. The summed E-state index contributed by atoms with van der Waals surface area (Å²) in [5.74, 6) is 0.265. The van der Waals surface area contributed by atoms with E-state index in [1.165, 1.54) is 0 Å². The Morgan fingerprint density at radius 3 is 2.72 bits per heavy atom. The molecule has 0 aliphatic carbocycles. The van der Waals surface area contributed by atoms with Gasteiger partial charge in [0.15, 0.2) is 9.84 Å². The minimum atomic E-state index is -2.96. The molecule has 2 heterocycles. The van der Waals surface area contributed by atoms with Gasteiger partial charge in [-0.1, -0.05) is 0 Å². The van der Waals surface area contributed by atoms with E-state index in [4.69, 9.17) is 4.74 Å². The summed E-state index contributed by atoms with van der Waals surface area (Å²) in [6.45, 7) is 3.05. The molecule has 2 aliphatic rings. The lowest BCUT2D eigenvalue weighted by Crippen LogP contribution is -2.49. The van der Waals surface area contributed by atoms with Crippen LogP contribution in [0.3, 0.4) is 0 Å². The maximum atomic E-state index is 12.1. The van der Waals surface area contributed by atoms with E-state index in [9.17, 15) is 13.2 Å². The predicted molar refractivity (Wildman–Crippen MR) is 66.9 cm³/mol. The molecule has 0 spiro atoms. The second-order valence-electron chi connectivity index (χ2n) is 4.79. The lowest BCUT2D eigenvalue weighted by atomic mass is 10.2. The van der Waals surface area contributed by atoms with Crippen molar-refractivity contribution in [3.8, 4) is 0 Å². The van der Waals surface area contributed by atoms with Gasteiger partial charge in [0.05, 0.1) is 11.5 Å². The molecule has 2 amide bonds. The van der Waals surface area contributed by atoms with Crippen LogP contribution in [0.25, 0.3) is 0 Å². The molecule has 0 saturated carbocycles.